The average molecular weight is 495 g/mol. The molecule has 8 nitrogen and oxygen atoms in total. The fourth-order valence-electron chi connectivity index (χ4n) is 3.42. The number of ether oxygens (including phenoxy) is 1. The van der Waals surface area contributed by atoms with Crippen molar-refractivity contribution in [2.24, 2.45) is 5.92 Å². The minimum absolute atomic E-state index is 0.0145. The minimum atomic E-state index is -4.16. The van der Waals surface area contributed by atoms with E-state index in [2.05, 4.69) is 5.32 Å². The van der Waals surface area contributed by atoms with Gasteiger partial charge in [-0.3, -0.25) is 9.59 Å². The highest BCUT2D eigenvalue weighted by Crippen LogP contribution is 2.31. The van der Waals surface area contributed by atoms with E-state index in [1.54, 1.807) is 18.1 Å². The summed E-state index contributed by atoms with van der Waals surface area (Å²) in [5.41, 5.74) is 0.946. The number of anilines is 1. The lowest BCUT2D eigenvalue weighted by molar-refractivity contribution is -0.139. The summed E-state index contributed by atoms with van der Waals surface area (Å²) in [6, 6.07) is 10.3. The van der Waals surface area contributed by atoms with Gasteiger partial charge in [-0.05, 0) is 55.3 Å². The second-order valence-electron chi connectivity index (χ2n) is 7.88. The summed E-state index contributed by atoms with van der Waals surface area (Å²) >= 11 is 6.16. The Labute approximate surface area is 198 Å². The molecule has 0 atom stereocenters. The van der Waals surface area contributed by atoms with Gasteiger partial charge in [0.25, 0.3) is 0 Å². The van der Waals surface area contributed by atoms with E-state index in [0.29, 0.717) is 29.4 Å². The number of carbonyl (C=O) groups is 2. The third-order valence-corrected chi connectivity index (χ3v) is 6.86. The molecule has 1 fully saturated rings. The molecule has 2 aromatic rings. The highest BCUT2D eigenvalue weighted by atomic mass is 35.5. The summed E-state index contributed by atoms with van der Waals surface area (Å²) in [4.78, 5) is 25.6. The van der Waals surface area contributed by atoms with Gasteiger partial charge in [0.05, 0.1) is 6.61 Å². The highest BCUT2D eigenvalue weighted by Gasteiger charge is 2.30. The number of nitrogens with one attached hydrogen (secondary N) is 1. The van der Waals surface area contributed by atoms with Crippen LogP contribution in [0.4, 0.5) is 5.69 Å². The summed E-state index contributed by atoms with van der Waals surface area (Å²) in [6.45, 7) is 2.23. The van der Waals surface area contributed by atoms with Gasteiger partial charge in [0.2, 0.25) is 11.8 Å². The van der Waals surface area contributed by atoms with Crippen molar-refractivity contribution in [2.75, 3.05) is 25.6 Å². The molecule has 33 heavy (non-hydrogen) atoms. The first kappa shape index (κ1) is 25.0. The summed E-state index contributed by atoms with van der Waals surface area (Å²) in [6.07, 6.45) is 2.73. The molecule has 0 unspecified atom stereocenters. The lowest BCUT2D eigenvalue weighted by Crippen LogP contribution is -2.40. The van der Waals surface area contributed by atoms with E-state index >= 15 is 0 Å². The average Bonchev–Trinajstić information content (AvgIpc) is 2.71. The summed E-state index contributed by atoms with van der Waals surface area (Å²) < 4.78 is 36.4. The van der Waals surface area contributed by atoms with Gasteiger partial charge >= 0.3 is 10.1 Å². The lowest BCUT2D eigenvalue weighted by atomic mass is 9.84. The maximum Gasteiger partial charge on any atom is 0.339 e. The summed E-state index contributed by atoms with van der Waals surface area (Å²) in [5, 5.41) is 2.98. The van der Waals surface area contributed by atoms with Gasteiger partial charge in [-0.2, -0.15) is 8.42 Å². The number of nitrogens with zero attached hydrogens (tertiary/aromatic N) is 1. The molecule has 0 spiro atoms. The standard InChI is InChI=1S/C23H27ClN2O6S/c1-16(27)25-20-7-9-21(10-8-20)33(29,30)32-22-11-6-19(24)14-18(22)15-26(12-13-31-2)23(28)17-4-3-5-17/h6-11,14,17H,3-5,12-13,15H2,1-2H3,(H,25,27). The predicted octanol–water partition coefficient (Wildman–Crippen LogP) is 3.84. The lowest BCUT2D eigenvalue weighted by Gasteiger charge is -2.32. The van der Waals surface area contributed by atoms with Crippen molar-refractivity contribution in [1.82, 2.24) is 4.90 Å². The Bertz CT molecular complexity index is 1100. The van der Waals surface area contributed by atoms with Gasteiger partial charge in [-0.1, -0.05) is 18.0 Å². The van der Waals surface area contributed by atoms with E-state index in [1.807, 2.05) is 0 Å². The molecule has 3 rings (SSSR count). The molecule has 2 amide bonds. The normalized spacial score (nSPS) is 13.8. The fourth-order valence-corrected chi connectivity index (χ4v) is 4.57. The van der Waals surface area contributed by atoms with Crippen LogP contribution in [0.3, 0.4) is 0 Å². The molecule has 0 saturated heterocycles. The molecule has 2 aromatic carbocycles. The Kier molecular flexibility index (Phi) is 8.34. The van der Waals surface area contributed by atoms with Crippen LogP contribution in [0, 0.1) is 5.92 Å². The molecule has 1 saturated carbocycles. The van der Waals surface area contributed by atoms with Crippen molar-refractivity contribution in [3.63, 3.8) is 0 Å². The smallest absolute Gasteiger partial charge is 0.339 e. The summed E-state index contributed by atoms with van der Waals surface area (Å²) in [7, 11) is -2.60. The van der Waals surface area contributed by atoms with Crippen molar-refractivity contribution >= 4 is 39.2 Å². The quantitative estimate of drug-likeness (QED) is 0.503. The number of benzene rings is 2. The zero-order chi connectivity index (χ0) is 24.0. The van der Waals surface area contributed by atoms with E-state index < -0.39 is 10.1 Å². The maximum atomic E-state index is 12.9. The Hall–Kier alpha value is -2.62. The number of halogens is 1. The van der Waals surface area contributed by atoms with Crippen LogP contribution in [0.2, 0.25) is 5.02 Å². The third kappa shape index (κ3) is 6.69. The molecular weight excluding hydrogens is 468 g/mol. The summed E-state index contributed by atoms with van der Waals surface area (Å²) in [5.74, 6) is -0.173. The largest absolute Gasteiger partial charge is 0.383 e. The zero-order valence-electron chi connectivity index (χ0n) is 18.5. The molecule has 0 aromatic heterocycles. The minimum Gasteiger partial charge on any atom is -0.383 e. The Morgan fingerprint density at radius 1 is 1.15 bits per heavy atom. The molecule has 1 aliphatic rings. The topological polar surface area (TPSA) is 102 Å². The van der Waals surface area contributed by atoms with E-state index in [0.717, 1.165) is 19.3 Å². The second kappa shape index (κ2) is 11.0. The Morgan fingerprint density at radius 2 is 1.85 bits per heavy atom. The van der Waals surface area contributed by atoms with Crippen LogP contribution in [0.15, 0.2) is 47.4 Å². The van der Waals surface area contributed by atoms with Crippen LogP contribution in [-0.4, -0.2) is 45.4 Å². The van der Waals surface area contributed by atoms with Crippen LogP contribution in [-0.2, 0) is 31.0 Å². The first-order valence-electron chi connectivity index (χ1n) is 10.6. The van der Waals surface area contributed by atoms with Crippen molar-refractivity contribution in [2.45, 2.75) is 37.6 Å². The molecule has 1 N–H and O–H groups in total. The van der Waals surface area contributed by atoms with Crippen LogP contribution < -0.4 is 9.50 Å². The fraction of sp³-hybridized carbons (Fsp3) is 0.391. The van der Waals surface area contributed by atoms with E-state index in [-0.39, 0.29) is 34.9 Å². The van der Waals surface area contributed by atoms with Gasteiger partial charge in [-0.15, -0.1) is 0 Å². The monoisotopic (exact) mass is 494 g/mol. The van der Waals surface area contributed by atoms with E-state index in [9.17, 15) is 18.0 Å². The van der Waals surface area contributed by atoms with Gasteiger partial charge in [-0.25, -0.2) is 0 Å². The van der Waals surface area contributed by atoms with Crippen molar-refractivity contribution in [3.8, 4) is 5.75 Å². The van der Waals surface area contributed by atoms with Crippen LogP contribution in [0.5, 0.6) is 5.75 Å². The van der Waals surface area contributed by atoms with Gasteiger partial charge in [0.15, 0.2) is 0 Å². The molecule has 178 valence electrons. The second-order valence-corrected chi connectivity index (χ2v) is 9.86. The number of rotatable bonds is 10. The van der Waals surface area contributed by atoms with Crippen LogP contribution >= 0.6 is 11.6 Å². The molecular formula is C23H27ClN2O6S. The van der Waals surface area contributed by atoms with E-state index in [1.165, 1.54) is 43.3 Å². The van der Waals surface area contributed by atoms with E-state index in [4.69, 9.17) is 20.5 Å². The van der Waals surface area contributed by atoms with Crippen LogP contribution in [0.25, 0.3) is 0 Å². The van der Waals surface area contributed by atoms with Crippen molar-refractivity contribution in [3.05, 3.63) is 53.1 Å². The molecule has 10 heteroatoms. The molecule has 1 aliphatic carbocycles. The molecule has 0 aliphatic heterocycles. The number of carbonyl (C=O) groups excluding carboxylic acids is 2. The number of hydrogen-bond donors (Lipinski definition) is 1. The Balaban J connectivity index is 1.83. The zero-order valence-corrected chi connectivity index (χ0v) is 20.1. The maximum absolute atomic E-state index is 12.9. The third-order valence-electron chi connectivity index (χ3n) is 5.38. The number of methoxy groups -OCH3 is 1. The SMILES string of the molecule is COCCN(Cc1cc(Cl)ccc1OS(=O)(=O)c1ccc(NC(C)=O)cc1)C(=O)C1CCC1. The molecule has 0 heterocycles. The first-order chi connectivity index (χ1) is 15.7. The highest BCUT2D eigenvalue weighted by molar-refractivity contribution is 7.87. The van der Waals surface area contributed by atoms with Gasteiger partial charge in [0, 0.05) is 49.3 Å². The number of hydrogen-bond acceptors (Lipinski definition) is 6. The van der Waals surface area contributed by atoms with Gasteiger partial charge in [0.1, 0.15) is 10.6 Å². The van der Waals surface area contributed by atoms with Gasteiger partial charge < -0.3 is 19.1 Å². The van der Waals surface area contributed by atoms with Crippen molar-refractivity contribution < 1.29 is 26.9 Å². The first-order valence-corrected chi connectivity index (χ1v) is 12.4. The Morgan fingerprint density at radius 3 is 2.42 bits per heavy atom. The number of amides is 2. The van der Waals surface area contributed by atoms with Crippen LogP contribution in [0.1, 0.15) is 31.7 Å². The van der Waals surface area contributed by atoms with Crippen molar-refractivity contribution in [1.29, 1.82) is 0 Å². The molecule has 0 bridgehead atoms. The predicted molar refractivity (Wildman–Crippen MR) is 125 cm³/mol. The molecule has 0 radical (unpaired) electrons.